The van der Waals surface area contributed by atoms with E-state index in [1.807, 2.05) is 0 Å². The van der Waals surface area contributed by atoms with Gasteiger partial charge in [0.15, 0.2) is 0 Å². The molecule has 9 aromatic rings. The molecule has 0 N–H and O–H groups in total. The third-order valence-corrected chi connectivity index (χ3v) is 24.3. The maximum atomic E-state index is 2.65. The van der Waals surface area contributed by atoms with Crippen LogP contribution in [0.4, 0.5) is 22.7 Å². The second-order valence-electron chi connectivity index (χ2n) is 30.2. The molecule has 0 fully saturated rings. The summed E-state index contributed by atoms with van der Waals surface area (Å²) in [5.41, 5.74) is 40.3. The van der Waals surface area contributed by atoms with Crippen molar-refractivity contribution in [1.29, 1.82) is 0 Å². The minimum Gasteiger partial charge on any atom is -0.315 e. The molecule has 2 nitrogen and oxygen atoms in total. The highest BCUT2D eigenvalue weighted by Crippen LogP contribution is 2.62. The molecule has 0 radical (unpaired) electrons. The maximum Gasteiger partial charge on any atom is 0.0461 e. The first kappa shape index (κ1) is 59.8. The second-order valence-corrected chi connectivity index (χ2v) is 30.2. The number of benzene rings is 9. The summed E-state index contributed by atoms with van der Waals surface area (Å²) < 4.78 is 0. The van der Waals surface area contributed by atoms with Gasteiger partial charge in [0.25, 0.3) is 0 Å². The molecule has 0 spiro atoms. The van der Waals surface area contributed by atoms with Crippen LogP contribution in [-0.4, -0.2) is 0 Å². The van der Waals surface area contributed by atoms with Gasteiger partial charge in [0.05, 0.1) is 0 Å². The van der Waals surface area contributed by atoms with E-state index >= 15 is 0 Å². The first-order valence-corrected chi connectivity index (χ1v) is 34.5. The quantitative estimate of drug-likeness (QED) is 0.0944. The first-order chi connectivity index (χ1) is 44.1. The van der Waals surface area contributed by atoms with Crippen LogP contribution in [0.3, 0.4) is 0 Å². The van der Waals surface area contributed by atoms with Crippen molar-refractivity contribution >= 4 is 22.7 Å². The third kappa shape index (κ3) is 8.70. The van der Waals surface area contributed by atoms with Gasteiger partial charge in [-0.1, -0.05) is 224 Å². The van der Waals surface area contributed by atoms with Crippen LogP contribution in [0.15, 0.2) is 217 Å². The number of fused-ring (bicyclic) bond motifs is 10. The number of allylic oxidation sites excluding steroid dienone is 7. The summed E-state index contributed by atoms with van der Waals surface area (Å²) in [5.74, 6) is 0. The van der Waals surface area contributed by atoms with Crippen LogP contribution < -0.4 is 9.80 Å². The van der Waals surface area contributed by atoms with E-state index in [4.69, 9.17) is 0 Å². The van der Waals surface area contributed by atoms with Crippen molar-refractivity contribution in [1.82, 2.24) is 0 Å². The van der Waals surface area contributed by atoms with E-state index in [0.717, 1.165) is 44.9 Å². The average molecular weight is 1200 g/mol. The summed E-state index contributed by atoms with van der Waals surface area (Å²) in [4.78, 5) is 4.78. The van der Waals surface area contributed by atoms with Crippen molar-refractivity contribution in [3.63, 3.8) is 0 Å². The van der Waals surface area contributed by atoms with Crippen LogP contribution in [-0.2, 0) is 58.2 Å². The molecule has 6 aliphatic rings. The van der Waals surface area contributed by atoms with Gasteiger partial charge in [0.1, 0.15) is 0 Å². The number of nitrogens with zero attached hydrogens (tertiary/aromatic N) is 2. The van der Waals surface area contributed by atoms with Crippen LogP contribution in [0, 0.1) is 20.8 Å². The Balaban J connectivity index is 0.669. The van der Waals surface area contributed by atoms with E-state index in [0.29, 0.717) is 0 Å². The molecule has 0 amide bonds. The van der Waals surface area contributed by atoms with Gasteiger partial charge in [0, 0.05) is 66.6 Å². The fourth-order valence-electron chi connectivity index (χ4n) is 18.1. The first-order valence-electron chi connectivity index (χ1n) is 34.5. The lowest BCUT2D eigenvalue weighted by Gasteiger charge is -2.46. The summed E-state index contributed by atoms with van der Waals surface area (Å²) in [7, 11) is 0. The smallest absolute Gasteiger partial charge is 0.0461 e. The van der Waals surface area contributed by atoms with Gasteiger partial charge in [-0.25, -0.2) is 0 Å². The Morgan fingerprint density at radius 1 is 0.413 bits per heavy atom. The van der Waals surface area contributed by atoms with Gasteiger partial charge in [-0.15, -0.1) is 0 Å². The van der Waals surface area contributed by atoms with Crippen LogP contribution in [0.1, 0.15) is 202 Å². The molecule has 0 saturated carbocycles. The summed E-state index contributed by atoms with van der Waals surface area (Å²) in [5, 5.41) is 0. The SMILES string of the molecule is C/C=C(\C=C/CC)N(/C(C)=C/C=C(\C)C1(C)Cc2cc3c(cc21)C(C)(C)c1cc2c(cc1-3)CC2(CC)c1ccc(C2(C)Cc3cc4c(cc32)C(C)(C)c2cc3c(cc2-4)CC3(CC)c2ccc(N(c3ccc(C)cc3)c3ccc(C)cc3)cc2)cc1)c1ccc(C)cc1. The van der Waals surface area contributed by atoms with Crippen molar-refractivity contribution in [2.75, 3.05) is 9.80 Å². The van der Waals surface area contributed by atoms with Crippen molar-refractivity contribution in [2.45, 2.75) is 181 Å². The van der Waals surface area contributed by atoms with Crippen molar-refractivity contribution < 1.29 is 0 Å². The Labute approximate surface area is 550 Å². The van der Waals surface area contributed by atoms with Crippen LogP contribution in [0.5, 0.6) is 0 Å². The number of rotatable bonds is 15. The molecule has 2 heteroatoms. The number of anilines is 4. The zero-order valence-electron chi connectivity index (χ0n) is 57.4. The molecule has 0 aromatic heterocycles. The minimum atomic E-state index is -0.110. The molecule has 92 heavy (non-hydrogen) atoms. The van der Waals surface area contributed by atoms with Gasteiger partial charge in [0.2, 0.25) is 0 Å². The Hall–Kier alpha value is -8.46. The Kier molecular flexibility index (Phi) is 13.8. The molecule has 0 saturated heterocycles. The predicted octanol–water partition coefficient (Wildman–Crippen LogP) is 23.1. The predicted molar refractivity (Wildman–Crippen MR) is 390 cm³/mol. The van der Waals surface area contributed by atoms with E-state index in [1.54, 1.807) is 5.56 Å². The lowest BCUT2D eigenvalue weighted by Crippen LogP contribution is -2.40. The van der Waals surface area contributed by atoms with E-state index in [1.165, 1.54) is 157 Å². The summed E-state index contributed by atoms with van der Waals surface area (Å²) in [6.45, 7) is 35.2. The Bertz CT molecular complexity index is 4590. The largest absolute Gasteiger partial charge is 0.315 e. The number of hydrogen-bond acceptors (Lipinski definition) is 2. The van der Waals surface area contributed by atoms with E-state index in [-0.39, 0.29) is 32.5 Å². The van der Waals surface area contributed by atoms with E-state index in [2.05, 4.69) is 314 Å². The fourth-order valence-corrected chi connectivity index (χ4v) is 18.1. The molecule has 9 aromatic carbocycles. The molecule has 6 aliphatic carbocycles. The van der Waals surface area contributed by atoms with Crippen molar-refractivity contribution in [2.24, 2.45) is 0 Å². The lowest BCUT2D eigenvalue weighted by molar-refractivity contribution is 0.430. The molecular weight excluding hydrogens is 1110 g/mol. The van der Waals surface area contributed by atoms with Gasteiger partial charge < -0.3 is 9.80 Å². The standard InChI is InChI=1S/C90H92N2/c1-16-20-21-68(17-2)91(69-36-22-56(5)23-37-69)60(9)29-28-59(8)87(14)52-61-44-73-75-46-63-54-89(18-3,79(63)50-83(75)85(10,11)81(73)48-77(61)87)66-32-30-65(31-33-66)88(15)53-62-45-74-76-47-64-55-90(19-4,80(64)51-84(76)86(12,13)82(74)49-78(62)88)67-34-42-72(43-35-67)92(70-38-24-57(6)25-39-70)71-40-26-58(7)27-41-71/h17,20-51H,16,18-19,52-55H2,1-15H3/b21-20-,59-28+,60-29+,68-17+. The topological polar surface area (TPSA) is 6.48 Å². The number of hydrogen-bond donors (Lipinski definition) is 0. The summed E-state index contributed by atoms with van der Waals surface area (Å²) >= 11 is 0. The van der Waals surface area contributed by atoms with Crippen molar-refractivity contribution in [3.8, 4) is 22.3 Å². The van der Waals surface area contributed by atoms with Crippen LogP contribution in [0.25, 0.3) is 22.3 Å². The zero-order valence-corrected chi connectivity index (χ0v) is 57.4. The molecule has 0 aliphatic heterocycles. The average Bonchev–Trinajstić information content (AvgIpc) is 1.46. The molecule has 0 bridgehead atoms. The highest BCUT2D eigenvalue weighted by Gasteiger charge is 2.51. The van der Waals surface area contributed by atoms with E-state index in [9.17, 15) is 0 Å². The summed E-state index contributed by atoms with van der Waals surface area (Å²) in [6, 6.07) is 67.2. The zero-order chi connectivity index (χ0) is 64.2. The normalized spacial score (nSPS) is 22.3. The Morgan fingerprint density at radius 2 is 0.793 bits per heavy atom. The minimum absolute atomic E-state index is 0.00223. The second kappa shape index (κ2) is 21.3. The number of aryl methyl sites for hydroxylation is 3. The molecule has 4 atom stereocenters. The molecule has 462 valence electrons. The van der Waals surface area contributed by atoms with Gasteiger partial charge in [-0.2, -0.15) is 0 Å². The molecule has 0 heterocycles. The monoisotopic (exact) mass is 1200 g/mol. The maximum absolute atomic E-state index is 2.65. The van der Waals surface area contributed by atoms with E-state index < -0.39 is 0 Å². The van der Waals surface area contributed by atoms with Gasteiger partial charge in [-0.05, 0) is 253 Å². The van der Waals surface area contributed by atoms with Crippen LogP contribution in [0.2, 0.25) is 0 Å². The lowest BCUT2D eigenvalue weighted by atomic mass is 9.57. The third-order valence-electron chi connectivity index (χ3n) is 24.3. The fraction of sp³-hybridized carbons (Fsp3) is 0.311. The van der Waals surface area contributed by atoms with Gasteiger partial charge in [-0.3, -0.25) is 0 Å². The summed E-state index contributed by atoms with van der Waals surface area (Å²) in [6.07, 6.45) is 18.9. The molecule has 4 unspecified atom stereocenters. The Morgan fingerprint density at radius 3 is 1.23 bits per heavy atom. The van der Waals surface area contributed by atoms with Crippen LogP contribution >= 0.6 is 0 Å². The highest BCUT2D eigenvalue weighted by atomic mass is 15.2. The molecular formula is C90H92N2. The van der Waals surface area contributed by atoms with Gasteiger partial charge >= 0.3 is 0 Å². The molecule has 15 rings (SSSR count). The highest BCUT2D eigenvalue weighted by molar-refractivity contribution is 5.87. The van der Waals surface area contributed by atoms with Crippen molar-refractivity contribution in [3.05, 3.63) is 317 Å².